The van der Waals surface area contributed by atoms with Crippen LogP contribution >= 0.6 is 0 Å². The number of nitrogens with zero attached hydrogens (tertiary/aromatic N) is 2. The van der Waals surface area contributed by atoms with Crippen LogP contribution in [0.25, 0.3) is 0 Å². The second-order valence-corrected chi connectivity index (χ2v) is 5.39. The van der Waals surface area contributed by atoms with Gasteiger partial charge in [-0.2, -0.15) is 5.10 Å². The van der Waals surface area contributed by atoms with Gasteiger partial charge in [0.15, 0.2) is 0 Å². The Labute approximate surface area is 124 Å². The second kappa shape index (κ2) is 5.69. The molecule has 0 aliphatic carbocycles. The minimum atomic E-state index is -0.153. The van der Waals surface area contributed by atoms with Crippen LogP contribution in [0.2, 0.25) is 0 Å². The lowest BCUT2D eigenvalue weighted by Crippen LogP contribution is -2.35. The van der Waals surface area contributed by atoms with Crippen LogP contribution in [-0.4, -0.2) is 22.2 Å². The molecule has 3 rings (SSSR count). The van der Waals surface area contributed by atoms with Crippen molar-refractivity contribution < 1.29 is 4.79 Å². The fraction of sp³-hybridized carbons (Fsp3) is 0.375. The molecule has 5 nitrogen and oxygen atoms in total. The molecule has 0 spiro atoms. The maximum absolute atomic E-state index is 12.6. The van der Waals surface area contributed by atoms with E-state index >= 15 is 0 Å². The molecule has 1 aromatic carbocycles. The van der Waals surface area contributed by atoms with Gasteiger partial charge >= 0.3 is 0 Å². The quantitative estimate of drug-likeness (QED) is 0.903. The van der Waals surface area contributed by atoms with Crippen LogP contribution in [0.3, 0.4) is 0 Å². The topological polar surface area (TPSA) is 59.0 Å². The Kier molecular flexibility index (Phi) is 3.75. The molecule has 2 N–H and O–H groups in total. The number of aryl methyl sites for hydroxylation is 2. The van der Waals surface area contributed by atoms with Crippen LogP contribution in [0.5, 0.6) is 0 Å². The van der Waals surface area contributed by atoms with E-state index in [9.17, 15) is 4.79 Å². The second-order valence-electron chi connectivity index (χ2n) is 5.39. The van der Waals surface area contributed by atoms with Crippen LogP contribution in [0, 0.1) is 0 Å². The van der Waals surface area contributed by atoms with Crippen molar-refractivity contribution in [3.05, 3.63) is 47.3 Å². The predicted octanol–water partition coefficient (Wildman–Crippen LogP) is 1.81. The number of hydrogen-bond donors (Lipinski definition) is 2. The number of nitrogens with one attached hydrogen (secondary N) is 2. The van der Waals surface area contributed by atoms with Gasteiger partial charge in [0.1, 0.15) is 0 Å². The lowest BCUT2D eigenvalue weighted by molar-refractivity contribution is -0.117. The van der Waals surface area contributed by atoms with Gasteiger partial charge < -0.3 is 10.6 Å². The van der Waals surface area contributed by atoms with Gasteiger partial charge in [-0.1, -0.05) is 31.2 Å². The molecule has 2 heterocycles. The number of fused-ring (bicyclic) bond motifs is 1. The molecular weight excluding hydrogens is 264 g/mol. The number of carbonyl (C=O) groups excluding carboxylic acids is 1. The largest absolute Gasteiger partial charge is 0.323 e. The van der Waals surface area contributed by atoms with Gasteiger partial charge in [-0.3, -0.25) is 9.48 Å². The number of carbonyl (C=O) groups is 1. The third-order valence-electron chi connectivity index (χ3n) is 3.91. The molecule has 0 bridgehead atoms. The molecule has 0 saturated heterocycles. The van der Waals surface area contributed by atoms with E-state index in [0.29, 0.717) is 6.54 Å². The smallest absolute Gasteiger partial charge is 0.233 e. The zero-order chi connectivity index (χ0) is 14.8. The first-order valence-corrected chi connectivity index (χ1v) is 7.31. The molecule has 1 unspecified atom stereocenters. The molecule has 5 heteroatoms. The highest BCUT2D eigenvalue weighted by molar-refractivity contribution is 5.96. The zero-order valence-corrected chi connectivity index (χ0v) is 12.4. The van der Waals surface area contributed by atoms with E-state index in [2.05, 4.69) is 21.8 Å². The monoisotopic (exact) mass is 284 g/mol. The summed E-state index contributed by atoms with van der Waals surface area (Å²) in [6, 6.07) is 8.12. The van der Waals surface area contributed by atoms with Gasteiger partial charge in [-0.05, 0) is 17.5 Å². The highest BCUT2D eigenvalue weighted by Crippen LogP contribution is 2.25. The maximum atomic E-state index is 12.6. The first-order chi connectivity index (χ1) is 10.2. The highest BCUT2D eigenvalue weighted by Gasteiger charge is 2.26. The first-order valence-electron chi connectivity index (χ1n) is 7.31. The maximum Gasteiger partial charge on any atom is 0.233 e. The fourth-order valence-electron chi connectivity index (χ4n) is 2.85. The number of rotatable bonds is 3. The number of aromatic nitrogens is 2. The van der Waals surface area contributed by atoms with E-state index in [4.69, 9.17) is 0 Å². The molecule has 1 aromatic heterocycles. The van der Waals surface area contributed by atoms with Gasteiger partial charge in [0.2, 0.25) is 5.91 Å². The normalized spacial score (nSPS) is 17.3. The molecule has 2 aromatic rings. The zero-order valence-electron chi connectivity index (χ0n) is 12.4. The first kappa shape index (κ1) is 13.8. The van der Waals surface area contributed by atoms with Gasteiger partial charge in [-0.25, -0.2) is 0 Å². The molecular formula is C16H20N4O. The standard InChI is InChI=1S/C16H20N4O/c1-3-14-15(10-20(2)19-14)18-16(21)13-9-17-8-11-6-4-5-7-12(11)13/h4-7,10,13,17H,3,8-9H2,1-2H3,(H,18,21). The van der Waals surface area contributed by atoms with Crippen molar-refractivity contribution in [1.29, 1.82) is 0 Å². The number of hydrogen-bond acceptors (Lipinski definition) is 3. The van der Waals surface area contributed by atoms with E-state index in [1.54, 1.807) is 4.68 Å². The van der Waals surface area contributed by atoms with E-state index < -0.39 is 0 Å². The van der Waals surface area contributed by atoms with Crippen molar-refractivity contribution in [2.75, 3.05) is 11.9 Å². The molecule has 21 heavy (non-hydrogen) atoms. The molecule has 0 fully saturated rings. The lowest BCUT2D eigenvalue weighted by atomic mass is 9.90. The Hall–Kier alpha value is -2.14. The summed E-state index contributed by atoms with van der Waals surface area (Å²) in [6.07, 6.45) is 2.66. The number of benzene rings is 1. The predicted molar refractivity (Wildman–Crippen MR) is 82.1 cm³/mol. The molecule has 1 aliphatic rings. The summed E-state index contributed by atoms with van der Waals surface area (Å²) in [4.78, 5) is 12.6. The fourth-order valence-corrected chi connectivity index (χ4v) is 2.85. The minimum Gasteiger partial charge on any atom is -0.323 e. The lowest BCUT2D eigenvalue weighted by Gasteiger charge is -2.25. The molecule has 1 atom stereocenters. The van der Waals surface area contributed by atoms with Crippen LogP contribution in [-0.2, 0) is 24.8 Å². The molecule has 1 amide bonds. The summed E-state index contributed by atoms with van der Waals surface area (Å²) in [5.74, 6) is -0.128. The SMILES string of the molecule is CCc1nn(C)cc1NC(=O)C1CNCc2ccccc21. The highest BCUT2D eigenvalue weighted by atomic mass is 16.1. The Morgan fingerprint density at radius 2 is 2.29 bits per heavy atom. The van der Waals surface area contributed by atoms with E-state index in [1.807, 2.05) is 38.4 Å². The van der Waals surface area contributed by atoms with Gasteiger partial charge in [-0.15, -0.1) is 0 Å². The average molecular weight is 284 g/mol. The Morgan fingerprint density at radius 3 is 3.10 bits per heavy atom. The van der Waals surface area contributed by atoms with Crippen LogP contribution in [0.1, 0.15) is 29.7 Å². The van der Waals surface area contributed by atoms with Crippen molar-refractivity contribution in [3.8, 4) is 0 Å². The Balaban J connectivity index is 1.83. The van der Waals surface area contributed by atoms with Crippen LogP contribution in [0.4, 0.5) is 5.69 Å². The van der Waals surface area contributed by atoms with Crippen LogP contribution in [0.15, 0.2) is 30.5 Å². The average Bonchev–Trinajstić information content (AvgIpc) is 2.86. The van der Waals surface area contributed by atoms with Gasteiger partial charge in [0, 0.05) is 26.3 Å². The van der Waals surface area contributed by atoms with E-state index in [0.717, 1.165) is 29.9 Å². The molecule has 0 saturated carbocycles. The molecule has 1 aliphatic heterocycles. The van der Waals surface area contributed by atoms with Crippen molar-refractivity contribution in [2.45, 2.75) is 25.8 Å². The Bertz CT molecular complexity index is 662. The van der Waals surface area contributed by atoms with Gasteiger partial charge in [0.05, 0.1) is 17.3 Å². The third-order valence-corrected chi connectivity index (χ3v) is 3.91. The molecule has 110 valence electrons. The summed E-state index contributed by atoms with van der Waals surface area (Å²) < 4.78 is 1.74. The molecule has 0 radical (unpaired) electrons. The summed E-state index contributed by atoms with van der Waals surface area (Å²) in [6.45, 7) is 3.53. The van der Waals surface area contributed by atoms with Gasteiger partial charge in [0.25, 0.3) is 0 Å². The third kappa shape index (κ3) is 2.69. The summed E-state index contributed by atoms with van der Waals surface area (Å²) in [5.41, 5.74) is 4.05. The summed E-state index contributed by atoms with van der Waals surface area (Å²) in [5, 5.41) is 10.7. The van der Waals surface area contributed by atoms with Crippen molar-refractivity contribution in [3.63, 3.8) is 0 Å². The summed E-state index contributed by atoms with van der Waals surface area (Å²) >= 11 is 0. The van der Waals surface area contributed by atoms with Crippen molar-refractivity contribution in [1.82, 2.24) is 15.1 Å². The van der Waals surface area contributed by atoms with Crippen molar-refractivity contribution >= 4 is 11.6 Å². The number of anilines is 1. The number of amides is 1. The Morgan fingerprint density at radius 1 is 1.48 bits per heavy atom. The summed E-state index contributed by atoms with van der Waals surface area (Å²) in [7, 11) is 1.87. The minimum absolute atomic E-state index is 0.0253. The van der Waals surface area contributed by atoms with Crippen molar-refractivity contribution in [2.24, 2.45) is 7.05 Å². The van der Waals surface area contributed by atoms with Crippen LogP contribution < -0.4 is 10.6 Å². The van der Waals surface area contributed by atoms with E-state index in [-0.39, 0.29) is 11.8 Å². The van der Waals surface area contributed by atoms with E-state index in [1.165, 1.54) is 5.56 Å².